The molecule has 3 rings (SSSR count). The zero-order valence-electron chi connectivity index (χ0n) is 18.1. The molecule has 0 heterocycles. The summed E-state index contributed by atoms with van der Waals surface area (Å²) in [4.78, 5) is 24.1. The van der Waals surface area contributed by atoms with Crippen LogP contribution in [0.5, 0.6) is 11.5 Å². The third-order valence-electron chi connectivity index (χ3n) is 4.57. The average molecular weight is 510 g/mol. The smallest absolute Gasteiger partial charge is 0.240 e. The molecule has 0 saturated carbocycles. The third-order valence-corrected chi connectivity index (χ3v) is 5.10. The first-order valence-electron chi connectivity index (χ1n) is 10.3. The number of hydrogen-bond donors (Lipinski definition) is 2. The van der Waals surface area contributed by atoms with E-state index in [4.69, 9.17) is 9.47 Å². The van der Waals surface area contributed by atoms with Gasteiger partial charge in [0, 0.05) is 28.6 Å². The van der Waals surface area contributed by atoms with Crippen LogP contribution in [0.3, 0.4) is 0 Å². The van der Waals surface area contributed by atoms with Crippen LogP contribution in [-0.2, 0) is 16.2 Å². The molecular weight excluding hydrogens is 486 g/mol. The number of rotatable bonds is 10. The molecule has 0 unspecified atom stereocenters. The Morgan fingerprint density at radius 1 is 0.939 bits per heavy atom. The largest absolute Gasteiger partial charge is 0.497 e. The standard InChI is InChI=1S/C25H24BrN3O4/c1-32-22-12-10-21(11-13-22)28-24(30)14-15-25(31)29-27-16-19-4-2-3-5-23(19)33-17-18-6-8-20(26)9-7-18/h2-13,16H,14-15,17H2,1H3,(H,28,30)(H,29,31)/b27-16+. The summed E-state index contributed by atoms with van der Waals surface area (Å²) in [6.45, 7) is 0.411. The fraction of sp³-hybridized carbons (Fsp3) is 0.160. The zero-order chi connectivity index (χ0) is 23.5. The maximum Gasteiger partial charge on any atom is 0.240 e. The monoisotopic (exact) mass is 509 g/mol. The molecule has 3 aromatic rings. The van der Waals surface area contributed by atoms with Gasteiger partial charge in [0.1, 0.15) is 18.1 Å². The van der Waals surface area contributed by atoms with Gasteiger partial charge in [-0.3, -0.25) is 9.59 Å². The second kappa shape index (κ2) is 12.4. The Morgan fingerprint density at radius 3 is 2.36 bits per heavy atom. The van der Waals surface area contributed by atoms with E-state index in [1.807, 2.05) is 48.5 Å². The van der Waals surface area contributed by atoms with Crippen LogP contribution in [0.4, 0.5) is 5.69 Å². The summed E-state index contributed by atoms with van der Waals surface area (Å²) >= 11 is 3.41. The highest BCUT2D eigenvalue weighted by Crippen LogP contribution is 2.19. The molecule has 0 fully saturated rings. The molecule has 7 nitrogen and oxygen atoms in total. The van der Waals surface area contributed by atoms with E-state index in [0.29, 0.717) is 23.8 Å². The normalized spacial score (nSPS) is 10.6. The molecule has 0 radical (unpaired) electrons. The van der Waals surface area contributed by atoms with Gasteiger partial charge in [-0.1, -0.05) is 40.2 Å². The Labute approximate surface area is 200 Å². The molecule has 0 aliphatic rings. The lowest BCUT2D eigenvalue weighted by Gasteiger charge is -2.09. The molecule has 8 heteroatoms. The zero-order valence-corrected chi connectivity index (χ0v) is 19.7. The number of hydrogen-bond acceptors (Lipinski definition) is 5. The lowest BCUT2D eigenvalue weighted by Crippen LogP contribution is -2.20. The highest BCUT2D eigenvalue weighted by atomic mass is 79.9. The summed E-state index contributed by atoms with van der Waals surface area (Å²) in [5.41, 5.74) is 4.85. The van der Waals surface area contributed by atoms with Crippen LogP contribution in [0.1, 0.15) is 24.0 Å². The van der Waals surface area contributed by atoms with Crippen LogP contribution < -0.4 is 20.2 Å². The summed E-state index contributed by atoms with van der Waals surface area (Å²) in [6.07, 6.45) is 1.58. The van der Waals surface area contributed by atoms with Crippen LogP contribution in [0.2, 0.25) is 0 Å². The van der Waals surface area contributed by atoms with Crippen molar-refractivity contribution in [3.05, 3.63) is 88.4 Å². The van der Waals surface area contributed by atoms with Gasteiger partial charge >= 0.3 is 0 Å². The molecule has 33 heavy (non-hydrogen) atoms. The Hall–Kier alpha value is -3.65. The van der Waals surface area contributed by atoms with Gasteiger partial charge < -0.3 is 14.8 Å². The highest BCUT2D eigenvalue weighted by Gasteiger charge is 2.07. The maximum absolute atomic E-state index is 12.0. The van der Waals surface area contributed by atoms with Crippen LogP contribution in [0.15, 0.2) is 82.4 Å². The van der Waals surface area contributed by atoms with Crippen molar-refractivity contribution >= 4 is 39.6 Å². The molecule has 0 atom stereocenters. The fourth-order valence-corrected chi connectivity index (χ4v) is 3.08. The van der Waals surface area contributed by atoms with E-state index in [2.05, 4.69) is 31.8 Å². The van der Waals surface area contributed by atoms with Gasteiger partial charge in [-0.05, 0) is 54.1 Å². The van der Waals surface area contributed by atoms with E-state index in [-0.39, 0.29) is 24.7 Å². The van der Waals surface area contributed by atoms with Crippen molar-refractivity contribution in [2.45, 2.75) is 19.4 Å². The van der Waals surface area contributed by atoms with E-state index in [1.54, 1.807) is 31.4 Å². The van der Waals surface area contributed by atoms with Crippen LogP contribution in [0, 0.1) is 0 Å². The first-order chi connectivity index (χ1) is 16.0. The van der Waals surface area contributed by atoms with Gasteiger partial charge in [0.2, 0.25) is 11.8 Å². The molecule has 0 aliphatic heterocycles. The predicted octanol–water partition coefficient (Wildman–Crippen LogP) is 4.91. The van der Waals surface area contributed by atoms with E-state index >= 15 is 0 Å². The molecule has 2 N–H and O–H groups in total. The number of halogens is 1. The summed E-state index contributed by atoms with van der Waals surface area (Å²) in [5, 5.41) is 6.73. The molecule has 0 bridgehead atoms. The minimum Gasteiger partial charge on any atom is -0.497 e. The first-order valence-corrected chi connectivity index (χ1v) is 11.0. The van der Waals surface area contributed by atoms with E-state index in [0.717, 1.165) is 15.6 Å². The number of carbonyl (C=O) groups is 2. The van der Waals surface area contributed by atoms with Gasteiger partial charge in [-0.15, -0.1) is 0 Å². The second-order valence-corrected chi connectivity index (χ2v) is 7.94. The average Bonchev–Trinajstić information content (AvgIpc) is 2.83. The fourth-order valence-electron chi connectivity index (χ4n) is 2.81. The number of ether oxygens (including phenoxy) is 2. The van der Waals surface area contributed by atoms with Crippen molar-refractivity contribution in [2.24, 2.45) is 5.10 Å². The molecular formula is C25H24BrN3O4. The van der Waals surface area contributed by atoms with E-state index < -0.39 is 0 Å². The second-order valence-electron chi connectivity index (χ2n) is 7.02. The molecule has 0 aromatic heterocycles. The Balaban J connectivity index is 1.44. The van der Waals surface area contributed by atoms with Gasteiger partial charge in [-0.2, -0.15) is 5.10 Å². The van der Waals surface area contributed by atoms with Crippen molar-refractivity contribution in [3.63, 3.8) is 0 Å². The van der Waals surface area contributed by atoms with Crippen molar-refractivity contribution in [2.75, 3.05) is 12.4 Å². The molecule has 0 spiro atoms. The topological polar surface area (TPSA) is 89.0 Å². The Morgan fingerprint density at radius 2 is 1.64 bits per heavy atom. The van der Waals surface area contributed by atoms with Crippen LogP contribution >= 0.6 is 15.9 Å². The van der Waals surface area contributed by atoms with Gasteiger partial charge in [0.05, 0.1) is 13.3 Å². The summed E-state index contributed by atoms with van der Waals surface area (Å²) < 4.78 is 12.0. The third kappa shape index (κ3) is 8.08. The van der Waals surface area contributed by atoms with E-state index in [9.17, 15) is 9.59 Å². The number of benzene rings is 3. The van der Waals surface area contributed by atoms with Crippen LogP contribution in [0.25, 0.3) is 0 Å². The molecule has 0 saturated heterocycles. The van der Waals surface area contributed by atoms with Crippen molar-refractivity contribution in [3.8, 4) is 11.5 Å². The minimum atomic E-state index is -0.357. The van der Waals surface area contributed by atoms with Crippen LogP contribution in [-0.4, -0.2) is 25.1 Å². The summed E-state index contributed by atoms with van der Waals surface area (Å²) in [7, 11) is 1.57. The quantitative estimate of drug-likeness (QED) is 0.300. The Bertz CT molecular complexity index is 1100. The number of nitrogens with zero attached hydrogens (tertiary/aromatic N) is 1. The van der Waals surface area contributed by atoms with Crippen molar-refractivity contribution < 1.29 is 19.1 Å². The summed E-state index contributed by atoms with van der Waals surface area (Å²) in [6, 6.07) is 22.2. The maximum atomic E-state index is 12.0. The SMILES string of the molecule is COc1ccc(NC(=O)CCC(=O)N/N=C/c2ccccc2OCc2ccc(Br)cc2)cc1. The van der Waals surface area contributed by atoms with Gasteiger partial charge in [0.15, 0.2) is 0 Å². The number of amides is 2. The molecule has 170 valence electrons. The lowest BCUT2D eigenvalue weighted by molar-refractivity contribution is -0.124. The number of carbonyl (C=O) groups excluding carboxylic acids is 2. The van der Waals surface area contributed by atoms with Gasteiger partial charge in [0.25, 0.3) is 0 Å². The number of methoxy groups -OCH3 is 1. The molecule has 2 amide bonds. The number of anilines is 1. The number of hydrazone groups is 1. The number of nitrogens with one attached hydrogen (secondary N) is 2. The predicted molar refractivity (Wildman–Crippen MR) is 132 cm³/mol. The number of para-hydroxylation sites is 1. The first kappa shape index (κ1) is 24.0. The lowest BCUT2D eigenvalue weighted by atomic mass is 10.2. The minimum absolute atomic E-state index is 0.0149. The summed E-state index contributed by atoms with van der Waals surface area (Å²) in [5.74, 6) is 0.734. The highest BCUT2D eigenvalue weighted by molar-refractivity contribution is 9.10. The molecule has 3 aromatic carbocycles. The Kier molecular flexibility index (Phi) is 9.02. The van der Waals surface area contributed by atoms with Gasteiger partial charge in [-0.25, -0.2) is 5.43 Å². The van der Waals surface area contributed by atoms with E-state index in [1.165, 1.54) is 6.21 Å². The molecule has 0 aliphatic carbocycles. The van der Waals surface area contributed by atoms with Crippen molar-refractivity contribution in [1.82, 2.24) is 5.43 Å². The van der Waals surface area contributed by atoms with Crippen molar-refractivity contribution in [1.29, 1.82) is 0 Å².